The van der Waals surface area contributed by atoms with Gasteiger partial charge in [-0.05, 0) is 56.3 Å². The summed E-state index contributed by atoms with van der Waals surface area (Å²) in [5, 5.41) is 3.14. The van der Waals surface area contributed by atoms with E-state index in [2.05, 4.69) is 17.0 Å². The molecule has 0 heterocycles. The van der Waals surface area contributed by atoms with Crippen LogP contribution < -0.4 is 10.0 Å². The maximum Gasteiger partial charge on any atom is 0.240 e. The number of sulfonamides is 1. The second-order valence-electron chi connectivity index (χ2n) is 6.22. The third-order valence-electron chi connectivity index (χ3n) is 4.49. The largest absolute Gasteiger partial charge is 0.313 e. The molecule has 3 atom stereocenters. The Bertz CT molecular complexity index is 554. The van der Waals surface area contributed by atoms with Crippen molar-refractivity contribution in [2.45, 2.75) is 44.0 Å². The number of hydrogen-bond acceptors (Lipinski definition) is 3. The summed E-state index contributed by atoms with van der Waals surface area (Å²) >= 11 is 0. The third kappa shape index (κ3) is 4.28. The van der Waals surface area contributed by atoms with E-state index in [4.69, 9.17) is 0 Å². The summed E-state index contributed by atoms with van der Waals surface area (Å²) < 4.78 is 27.3. The molecule has 3 unspecified atom stereocenters. The summed E-state index contributed by atoms with van der Waals surface area (Å²) in [7, 11) is -1.50. The molecule has 0 bridgehead atoms. The Hall–Kier alpha value is -0.910. The zero-order valence-electron chi connectivity index (χ0n) is 13.1. The van der Waals surface area contributed by atoms with Gasteiger partial charge in [-0.25, -0.2) is 13.1 Å². The molecule has 21 heavy (non-hydrogen) atoms. The minimum atomic E-state index is -3.38. The first-order valence-electron chi connectivity index (χ1n) is 7.69. The van der Waals surface area contributed by atoms with Crippen molar-refractivity contribution in [2.24, 2.45) is 11.8 Å². The lowest BCUT2D eigenvalue weighted by molar-refractivity contribution is 0.498. The van der Waals surface area contributed by atoms with Gasteiger partial charge in [0.05, 0.1) is 4.90 Å². The predicted molar refractivity (Wildman–Crippen MR) is 85.6 cm³/mol. The van der Waals surface area contributed by atoms with Gasteiger partial charge in [0, 0.05) is 12.6 Å². The maximum atomic E-state index is 12.3. The second kappa shape index (κ2) is 6.90. The van der Waals surface area contributed by atoms with Crippen LogP contribution in [0.5, 0.6) is 0 Å². The summed E-state index contributed by atoms with van der Waals surface area (Å²) in [5.41, 5.74) is 1.08. The zero-order chi connectivity index (χ0) is 15.5. The van der Waals surface area contributed by atoms with E-state index in [1.165, 1.54) is 6.42 Å². The summed E-state index contributed by atoms with van der Waals surface area (Å²) in [5.74, 6) is 1.21. The Balaban J connectivity index is 1.98. The van der Waals surface area contributed by atoms with Crippen molar-refractivity contribution in [3.05, 3.63) is 29.8 Å². The van der Waals surface area contributed by atoms with Gasteiger partial charge in [0.1, 0.15) is 0 Å². The molecule has 1 fully saturated rings. The van der Waals surface area contributed by atoms with Gasteiger partial charge in [-0.2, -0.15) is 0 Å². The van der Waals surface area contributed by atoms with Gasteiger partial charge in [0.15, 0.2) is 0 Å². The van der Waals surface area contributed by atoms with Crippen molar-refractivity contribution >= 4 is 10.0 Å². The van der Waals surface area contributed by atoms with Gasteiger partial charge in [0.25, 0.3) is 0 Å². The Morgan fingerprint density at radius 2 is 1.90 bits per heavy atom. The lowest BCUT2D eigenvalue weighted by atomic mass is 10.1. The summed E-state index contributed by atoms with van der Waals surface area (Å²) in [6.45, 7) is 4.83. The van der Waals surface area contributed by atoms with Crippen molar-refractivity contribution < 1.29 is 8.42 Å². The monoisotopic (exact) mass is 310 g/mol. The van der Waals surface area contributed by atoms with Crippen LogP contribution >= 0.6 is 0 Å². The molecule has 5 heteroatoms. The standard InChI is InChI=1S/C16H26N2O2S/c1-12-4-5-14(10-12)11-18-21(19,20)16-8-6-15(7-9-16)13(2)17-3/h6-9,12-14,17-18H,4-5,10-11H2,1-3H3. The van der Waals surface area contributed by atoms with E-state index >= 15 is 0 Å². The molecule has 2 rings (SSSR count). The molecule has 0 aliphatic heterocycles. The molecule has 4 nitrogen and oxygen atoms in total. The lowest BCUT2D eigenvalue weighted by Crippen LogP contribution is -2.28. The number of hydrogen-bond donors (Lipinski definition) is 2. The number of rotatable bonds is 6. The zero-order valence-corrected chi connectivity index (χ0v) is 13.9. The number of nitrogens with one attached hydrogen (secondary N) is 2. The average Bonchev–Trinajstić information content (AvgIpc) is 2.90. The smallest absolute Gasteiger partial charge is 0.240 e. The quantitative estimate of drug-likeness (QED) is 0.849. The predicted octanol–water partition coefficient (Wildman–Crippen LogP) is 2.68. The SMILES string of the molecule is CNC(C)c1ccc(S(=O)(=O)NCC2CCC(C)C2)cc1. The highest BCUT2D eigenvalue weighted by molar-refractivity contribution is 7.89. The van der Waals surface area contributed by atoms with E-state index < -0.39 is 10.0 Å². The Labute approximate surface area is 128 Å². The Kier molecular flexibility index (Phi) is 5.41. The summed E-state index contributed by atoms with van der Waals surface area (Å²) in [6.07, 6.45) is 3.46. The third-order valence-corrected chi connectivity index (χ3v) is 5.93. The van der Waals surface area contributed by atoms with Gasteiger partial charge in [0.2, 0.25) is 10.0 Å². The molecule has 1 aliphatic carbocycles. The molecular formula is C16H26N2O2S. The van der Waals surface area contributed by atoms with E-state index in [0.29, 0.717) is 17.4 Å². The molecule has 1 aromatic rings. The highest BCUT2D eigenvalue weighted by atomic mass is 32.2. The molecule has 118 valence electrons. The molecule has 1 saturated carbocycles. The molecule has 0 saturated heterocycles. The maximum absolute atomic E-state index is 12.3. The Morgan fingerprint density at radius 3 is 2.43 bits per heavy atom. The number of benzene rings is 1. The van der Waals surface area contributed by atoms with Crippen LogP contribution in [-0.4, -0.2) is 22.0 Å². The van der Waals surface area contributed by atoms with Crippen LogP contribution in [0.1, 0.15) is 44.7 Å². The van der Waals surface area contributed by atoms with Gasteiger partial charge in [-0.1, -0.05) is 25.5 Å². The van der Waals surface area contributed by atoms with Crippen LogP contribution in [-0.2, 0) is 10.0 Å². The minimum Gasteiger partial charge on any atom is -0.313 e. The molecule has 0 radical (unpaired) electrons. The van der Waals surface area contributed by atoms with E-state index in [0.717, 1.165) is 24.3 Å². The fourth-order valence-corrected chi connectivity index (χ4v) is 4.04. The van der Waals surface area contributed by atoms with Crippen molar-refractivity contribution in [1.82, 2.24) is 10.0 Å². The first-order valence-corrected chi connectivity index (χ1v) is 9.17. The summed E-state index contributed by atoms with van der Waals surface area (Å²) in [6, 6.07) is 7.32. The molecule has 0 spiro atoms. The van der Waals surface area contributed by atoms with Crippen molar-refractivity contribution in [3.63, 3.8) is 0 Å². The molecule has 0 amide bonds. The first kappa shape index (κ1) is 16.5. The highest BCUT2D eigenvalue weighted by Gasteiger charge is 2.23. The van der Waals surface area contributed by atoms with Gasteiger partial charge < -0.3 is 5.32 Å². The molecule has 1 aliphatic rings. The second-order valence-corrected chi connectivity index (χ2v) is 7.98. The van der Waals surface area contributed by atoms with E-state index in [1.807, 2.05) is 26.1 Å². The van der Waals surface area contributed by atoms with Gasteiger partial charge in [-0.15, -0.1) is 0 Å². The van der Waals surface area contributed by atoms with Crippen LogP contribution in [0.4, 0.5) is 0 Å². The van der Waals surface area contributed by atoms with E-state index in [9.17, 15) is 8.42 Å². The van der Waals surface area contributed by atoms with E-state index in [-0.39, 0.29) is 6.04 Å². The average molecular weight is 310 g/mol. The lowest BCUT2D eigenvalue weighted by Gasteiger charge is -2.13. The van der Waals surface area contributed by atoms with Crippen molar-refractivity contribution in [1.29, 1.82) is 0 Å². The van der Waals surface area contributed by atoms with E-state index in [1.54, 1.807) is 12.1 Å². The van der Waals surface area contributed by atoms with Crippen molar-refractivity contribution in [2.75, 3.05) is 13.6 Å². The fraction of sp³-hybridized carbons (Fsp3) is 0.625. The van der Waals surface area contributed by atoms with Gasteiger partial charge in [-0.3, -0.25) is 0 Å². The first-order chi connectivity index (χ1) is 9.92. The van der Waals surface area contributed by atoms with Crippen LogP contribution in [0, 0.1) is 11.8 Å². The normalized spacial score (nSPS) is 24.1. The summed E-state index contributed by atoms with van der Waals surface area (Å²) in [4.78, 5) is 0.348. The van der Waals surface area contributed by atoms with Crippen LogP contribution in [0.3, 0.4) is 0 Å². The molecular weight excluding hydrogens is 284 g/mol. The topological polar surface area (TPSA) is 58.2 Å². The minimum absolute atomic E-state index is 0.217. The van der Waals surface area contributed by atoms with Crippen LogP contribution in [0.25, 0.3) is 0 Å². The fourth-order valence-electron chi connectivity index (χ4n) is 2.92. The van der Waals surface area contributed by atoms with Crippen LogP contribution in [0.15, 0.2) is 29.2 Å². The van der Waals surface area contributed by atoms with Crippen molar-refractivity contribution in [3.8, 4) is 0 Å². The molecule has 2 N–H and O–H groups in total. The van der Waals surface area contributed by atoms with Crippen LogP contribution in [0.2, 0.25) is 0 Å². The highest BCUT2D eigenvalue weighted by Crippen LogP contribution is 2.30. The molecule has 1 aromatic carbocycles. The van der Waals surface area contributed by atoms with Gasteiger partial charge >= 0.3 is 0 Å². The Morgan fingerprint density at radius 1 is 1.24 bits per heavy atom. The molecule has 0 aromatic heterocycles.